The van der Waals surface area contributed by atoms with Gasteiger partial charge in [0.2, 0.25) is 11.9 Å². The molecule has 1 saturated heterocycles. The Kier molecular flexibility index (Phi) is 5.93. The molecular formula is C24H26N4O2. The van der Waals surface area contributed by atoms with Crippen LogP contribution in [0, 0.1) is 0 Å². The summed E-state index contributed by atoms with van der Waals surface area (Å²) in [7, 11) is 1.65. The number of nitrogen functional groups attached to an aromatic ring is 1. The van der Waals surface area contributed by atoms with Crippen molar-refractivity contribution in [1.29, 1.82) is 0 Å². The van der Waals surface area contributed by atoms with Crippen molar-refractivity contribution in [2.75, 3.05) is 25.9 Å². The lowest BCUT2D eigenvalue weighted by molar-refractivity contribution is -0.131. The molecule has 2 aromatic carbocycles. The summed E-state index contributed by atoms with van der Waals surface area (Å²) in [4.78, 5) is 23.7. The molecule has 1 aliphatic rings. The summed E-state index contributed by atoms with van der Waals surface area (Å²) in [5, 5.41) is 0. The van der Waals surface area contributed by atoms with E-state index >= 15 is 0 Å². The minimum absolute atomic E-state index is 0.126. The molecule has 1 amide bonds. The van der Waals surface area contributed by atoms with Gasteiger partial charge in [-0.2, -0.15) is 0 Å². The number of carbonyl (C=O) groups excluding carboxylic acids is 1. The van der Waals surface area contributed by atoms with E-state index in [2.05, 4.69) is 9.97 Å². The molecule has 0 unspecified atom stereocenters. The monoisotopic (exact) mass is 402 g/mol. The summed E-state index contributed by atoms with van der Waals surface area (Å²) in [6, 6.07) is 17.7. The van der Waals surface area contributed by atoms with E-state index in [0.29, 0.717) is 13.0 Å². The fraction of sp³-hybridized carbons (Fsp3) is 0.292. The first-order valence-corrected chi connectivity index (χ1v) is 10.2. The van der Waals surface area contributed by atoms with Crippen molar-refractivity contribution in [3.63, 3.8) is 0 Å². The molecule has 0 saturated carbocycles. The van der Waals surface area contributed by atoms with E-state index in [1.54, 1.807) is 13.3 Å². The predicted octanol–water partition coefficient (Wildman–Crippen LogP) is 3.68. The first-order chi connectivity index (χ1) is 14.6. The van der Waals surface area contributed by atoms with Crippen molar-refractivity contribution in [2.24, 2.45) is 0 Å². The van der Waals surface area contributed by atoms with Crippen LogP contribution in [0.4, 0.5) is 5.95 Å². The molecule has 2 heterocycles. The normalized spacial score (nSPS) is 16.3. The number of rotatable bonds is 5. The van der Waals surface area contributed by atoms with Gasteiger partial charge in [0.25, 0.3) is 0 Å². The van der Waals surface area contributed by atoms with Crippen LogP contribution >= 0.6 is 0 Å². The number of hydrogen-bond donors (Lipinski definition) is 1. The van der Waals surface area contributed by atoms with Crippen LogP contribution in [0.2, 0.25) is 0 Å². The number of benzene rings is 2. The summed E-state index contributed by atoms with van der Waals surface area (Å²) < 4.78 is 5.26. The van der Waals surface area contributed by atoms with Crippen LogP contribution in [0.25, 0.3) is 11.1 Å². The van der Waals surface area contributed by atoms with Crippen LogP contribution in [0.3, 0.4) is 0 Å². The second-order valence-electron chi connectivity index (χ2n) is 7.60. The highest BCUT2D eigenvalue weighted by Gasteiger charge is 2.28. The predicted molar refractivity (Wildman–Crippen MR) is 117 cm³/mol. The maximum absolute atomic E-state index is 12.9. The molecular weight excluding hydrogens is 376 g/mol. The second-order valence-corrected chi connectivity index (χ2v) is 7.60. The SMILES string of the molecule is COc1ccc(-c2cnc(N)nc2[C@@H]2CCCN(C(=O)Cc3ccccc3)C2)cc1. The fourth-order valence-electron chi connectivity index (χ4n) is 4.02. The number of ether oxygens (including phenoxy) is 1. The zero-order valence-electron chi connectivity index (χ0n) is 17.1. The van der Waals surface area contributed by atoms with Crippen LogP contribution in [0.15, 0.2) is 60.8 Å². The molecule has 3 aromatic rings. The Bertz CT molecular complexity index is 1010. The van der Waals surface area contributed by atoms with E-state index in [0.717, 1.165) is 47.5 Å². The summed E-state index contributed by atoms with van der Waals surface area (Å²) in [6.07, 6.45) is 4.11. The number of likely N-dealkylation sites (tertiary alicyclic amines) is 1. The molecule has 6 nitrogen and oxygen atoms in total. The molecule has 1 atom stereocenters. The Balaban J connectivity index is 1.57. The largest absolute Gasteiger partial charge is 0.497 e. The molecule has 1 aromatic heterocycles. The molecule has 1 fully saturated rings. The fourth-order valence-corrected chi connectivity index (χ4v) is 4.02. The van der Waals surface area contributed by atoms with E-state index in [9.17, 15) is 4.79 Å². The number of carbonyl (C=O) groups is 1. The minimum Gasteiger partial charge on any atom is -0.497 e. The van der Waals surface area contributed by atoms with Crippen LogP contribution in [-0.2, 0) is 11.2 Å². The number of nitrogens with two attached hydrogens (primary N) is 1. The molecule has 0 spiro atoms. The smallest absolute Gasteiger partial charge is 0.227 e. The zero-order valence-corrected chi connectivity index (χ0v) is 17.1. The summed E-state index contributed by atoms with van der Waals surface area (Å²) in [5.41, 5.74) is 9.84. The Labute approximate surface area is 176 Å². The van der Waals surface area contributed by atoms with Gasteiger partial charge in [-0.25, -0.2) is 9.97 Å². The molecule has 154 valence electrons. The number of hydrogen-bond acceptors (Lipinski definition) is 5. The van der Waals surface area contributed by atoms with Crippen molar-refractivity contribution in [3.05, 3.63) is 72.1 Å². The molecule has 30 heavy (non-hydrogen) atoms. The average Bonchev–Trinajstić information content (AvgIpc) is 2.80. The van der Waals surface area contributed by atoms with Gasteiger partial charge in [-0.05, 0) is 36.1 Å². The quantitative estimate of drug-likeness (QED) is 0.704. The van der Waals surface area contributed by atoms with Crippen LogP contribution in [0.1, 0.15) is 30.0 Å². The standard InChI is InChI=1S/C24H26N4O2/c1-30-20-11-9-18(10-12-20)21-15-26-24(25)27-23(21)19-8-5-13-28(16-19)22(29)14-17-6-3-2-4-7-17/h2-4,6-7,9-12,15,19H,5,8,13-14,16H2,1H3,(H2,25,26,27)/t19-/m1/s1. The first kappa shape index (κ1) is 19.9. The van der Waals surface area contributed by atoms with Crippen molar-refractivity contribution < 1.29 is 9.53 Å². The number of anilines is 1. The van der Waals surface area contributed by atoms with Crippen molar-refractivity contribution in [1.82, 2.24) is 14.9 Å². The third-order valence-electron chi connectivity index (χ3n) is 5.60. The lowest BCUT2D eigenvalue weighted by atomic mass is 9.89. The molecule has 0 bridgehead atoms. The second kappa shape index (κ2) is 8.95. The van der Waals surface area contributed by atoms with Gasteiger partial charge >= 0.3 is 0 Å². The highest BCUT2D eigenvalue weighted by Crippen LogP contribution is 2.34. The Morgan fingerprint density at radius 1 is 1.17 bits per heavy atom. The lowest BCUT2D eigenvalue weighted by Gasteiger charge is -2.33. The van der Waals surface area contributed by atoms with Crippen molar-refractivity contribution in [3.8, 4) is 16.9 Å². The number of aromatic nitrogens is 2. The molecule has 6 heteroatoms. The number of amides is 1. The van der Waals surface area contributed by atoms with Crippen LogP contribution in [-0.4, -0.2) is 41.0 Å². The Hall–Kier alpha value is -3.41. The van der Waals surface area contributed by atoms with Crippen molar-refractivity contribution >= 4 is 11.9 Å². The van der Waals surface area contributed by atoms with E-state index < -0.39 is 0 Å². The van der Waals surface area contributed by atoms with Gasteiger partial charge in [0.05, 0.1) is 19.2 Å². The third-order valence-corrected chi connectivity index (χ3v) is 5.60. The third kappa shape index (κ3) is 4.43. The Morgan fingerprint density at radius 3 is 2.67 bits per heavy atom. The summed E-state index contributed by atoms with van der Waals surface area (Å²) >= 11 is 0. The molecule has 2 N–H and O–H groups in total. The van der Waals surface area contributed by atoms with Gasteiger partial charge in [-0.3, -0.25) is 4.79 Å². The first-order valence-electron chi connectivity index (χ1n) is 10.2. The number of piperidine rings is 1. The molecule has 4 rings (SSSR count). The van der Waals surface area contributed by atoms with Gasteiger partial charge in [-0.15, -0.1) is 0 Å². The van der Waals surface area contributed by atoms with Crippen molar-refractivity contribution in [2.45, 2.75) is 25.2 Å². The van der Waals surface area contributed by atoms with Gasteiger partial charge in [0.1, 0.15) is 5.75 Å². The van der Waals surface area contributed by atoms with Crippen LogP contribution < -0.4 is 10.5 Å². The highest BCUT2D eigenvalue weighted by molar-refractivity contribution is 5.79. The van der Waals surface area contributed by atoms with Gasteiger partial charge in [0.15, 0.2) is 0 Å². The van der Waals surface area contributed by atoms with E-state index in [-0.39, 0.29) is 17.8 Å². The van der Waals surface area contributed by atoms with Gasteiger partial charge in [0, 0.05) is 30.8 Å². The van der Waals surface area contributed by atoms with E-state index in [1.165, 1.54) is 0 Å². The summed E-state index contributed by atoms with van der Waals surface area (Å²) in [6.45, 7) is 1.42. The highest BCUT2D eigenvalue weighted by atomic mass is 16.5. The molecule has 1 aliphatic heterocycles. The Morgan fingerprint density at radius 2 is 1.93 bits per heavy atom. The van der Waals surface area contributed by atoms with Crippen LogP contribution in [0.5, 0.6) is 5.75 Å². The lowest BCUT2D eigenvalue weighted by Crippen LogP contribution is -2.40. The number of methoxy groups -OCH3 is 1. The number of nitrogens with zero attached hydrogens (tertiary/aromatic N) is 3. The molecule has 0 radical (unpaired) electrons. The van der Waals surface area contributed by atoms with E-state index in [4.69, 9.17) is 10.5 Å². The topological polar surface area (TPSA) is 81.3 Å². The minimum atomic E-state index is 0.126. The maximum atomic E-state index is 12.9. The average molecular weight is 402 g/mol. The molecule has 0 aliphatic carbocycles. The zero-order chi connectivity index (χ0) is 20.9. The summed E-state index contributed by atoms with van der Waals surface area (Å²) in [5.74, 6) is 1.34. The van der Waals surface area contributed by atoms with Gasteiger partial charge in [-0.1, -0.05) is 42.5 Å². The van der Waals surface area contributed by atoms with Gasteiger partial charge < -0.3 is 15.4 Å². The maximum Gasteiger partial charge on any atom is 0.227 e. The van der Waals surface area contributed by atoms with E-state index in [1.807, 2.05) is 59.5 Å².